The molecule has 0 radical (unpaired) electrons. The molecule has 0 aliphatic heterocycles. The lowest BCUT2D eigenvalue weighted by molar-refractivity contribution is -0.129. The van der Waals surface area contributed by atoms with Crippen molar-refractivity contribution in [2.75, 3.05) is 0 Å². The van der Waals surface area contributed by atoms with Crippen LogP contribution in [0.25, 0.3) is 0 Å². The molecule has 0 saturated heterocycles. The molecule has 0 aromatic heterocycles. The predicted octanol–water partition coefficient (Wildman–Crippen LogP) is 4.13. The lowest BCUT2D eigenvalue weighted by Gasteiger charge is -2.36. The summed E-state index contributed by atoms with van der Waals surface area (Å²) in [5.41, 5.74) is 2.24. The standard InChI is InChI=1S/C20H26O2/c1-12(2)6-5-7-13(3)15-8-9-20(11-21)16-10-17(22)18(14(16)4)19(15)20/h6-9,11,14-16,18-19H,5,10H2,1-4H3/b13-7-/t14-,15-,16-,18-,19-,20-/m0/s1. The molecular weight excluding hydrogens is 272 g/mol. The first-order valence-electron chi connectivity index (χ1n) is 8.40. The summed E-state index contributed by atoms with van der Waals surface area (Å²) in [6.07, 6.45) is 11.5. The Hall–Kier alpha value is -1.44. The van der Waals surface area contributed by atoms with Gasteiger partial charge in [-0.2, -0.15) is 0 Å². The van der Waals surface area contributed by atoms with Gasteiger partial charge < -0.3 is 4.79 Å². The maximum absolute atomic E-state index is 12.3. The zero-order valence-corrected chi connectivity index (χ0v) is 14.0. The molecule has 0 aromatic carbocycles. The van der Waals surface area contributed by atoms with Gasteiger partial charge in [-0.3, -0.25) is 4.79 Å². The van der Waals surface area contributed by atoms with Crippen molar-refractivity contribution >= 4 is 12.1 Å². The van der Waals surface area contributed by atoms with Gasteiger partial charge in [0.05, 0.1) is 5.41 Å². The predicted molar refractivity (Wildman–Crippen MR) is 88.2 cm³/mol. The van der Waals surface area contributed by atoms with Gasteiger partial charge in [0.1, 0.15) is 12.1 Å². The van der Waals surface area contributed by atoms with E-state index in [0.29, 0.717) is 18.1 Å². The highest BCUT2D eigenvalue weighted by Gasteiger charge is 2.67. The molecule has 0 aromatic rings. The third-order valence-corrected chi connectivity index (χ3v) is 6.28. The Labute approximate surface area is 133 Å². The first kappa shape index (κ1) is 15.5. The highest BCUT2D eigenvalue weighted by Crippen LogP contribution is 2.66. The van der Waals surface area contributed by atoms with Crippen LogP contribution in [0.3, 0.4) is 0 Å². The molecule has 0 spiro atoms. The van der Waals surface area contributed by atoms with Crippen LogP contribution in [0.1, 0.15) is 40.5 Å². The van der Waals surface area contributed by atoms with Crippen LogP contribution in [0.15, 0.2) is 35.5 Å². The van der Waals surface area contributed by atoms with E-state index in [1.54, 1.807) is 0 Å². The fourth-order valence-electron chi connectivity index (χ4n) is 5.22. The quantitative estimate of drug-likeness (QED) is 0.577. The second-order valence-electron chi connectivity index (χ2n) is 7.66. The number of allylic oxidation sites excluding steroid dienone is 6. The Morgan fingerprint density at radius 3 is 2.68 bits per heavy atom. The molecule has 2 saturated carbocycles. The molecule has 22 heavy (non-hydrogen) atoms. The minimum Gasteiger partial charge on any atom is -0.302 e. The maximum atomic E-state index is 12.3. The third kappa shape index (κ3) is 2.00. The average Bonchev–Trinajstić information content (AvgIpc) is 3.04. The summed E-state index contributed by atoms with van der Waals surface area (Å²) in [4.78, 5) is 24.3. The molecule has 2 heteroatoms. The zero-order valence-electron chi connectivity index (χ0n) is 14.0. The van der Waals surface area contributed by atoms with Gasteiger partial charge in [-0.1, -0.05) is 42.4 Å². The average molecular weight is 298 g/mol. The molecule has 6 atom stereocenters. The van der Waals surface area contributed by atoms with Gasteiger partial charge in [0.2, 0.25) is 0 Å². The topological polar surface area (TPSA) is 34.1 Å². The fraction of sp³-hybridized carbons (Fsp3) is 0.600. The number of carbonyl (C=O) groups excluding carboxylic acids is 2. The Bertz CT molecular complexity index is 591. The molecule has 0 N–H and O–H groups in total. The van der Waals surface area contributed by atoms with Gasteiger partial charge in [-0.15, -0.1) is 0 Å². The molecule has 3 aliphatic rings. The number of carbonyl (C=O) groups is 2. The van der Waals surface area contributed by atoms with E-state index >= 15 is 0 Å². The van der Waals surface area contributed by atoms with E-state index in [1.807, 2.05) is 0 Å². The minimum atomic E-state index is -0.381. The van der Waals surface area contributed by atoms with Gasteiger partial charge in [0, 0.05) is 18.3 Å². The smallest absolute Gasteiger partial charge is 0.136 e. The van der Waals surface area contributed by atoms with Gasteiger partial charge in [0.15, 0.2) is 0 Å². The van der Waals surface area contributed by atoms with Crippen LogP contribution >= 0.6 is 0 Å². The second kappa shape index (κ2) is 5.33. The Morgan fingerprint density at radius 2 is 2.05 bits per heavy atom. The summed E-state index contributed by atoms with van der Waals surface area (Å²) < 4.78 is 0. The summed E-state index contributed by atoms with van der Waals surface area (Å²) in [7, 11) is 0. The zero-order chi connectivity index (χ0) is 16.1. The second-order valence-corrected chi connectivity index (χ2v) is 7.66. The van der Waals surface area contributed by atoms with Crippen LogP contribution in [0, 0.1) is 35.0 Å². The lowest BCUT2D eigenvalue weighted by Crippen LogP contribution is -2.39. The van der Waals surface area contributed by atoms with Crippen molar-refractivity contribution in [3.05, 3.63) is 35.5 Å². The van der Waals surface area contributed by atoms with E-state index in [9.17, 15) is 9.59 Å². The monoisotopic (exact) mass is 298 g/mol. The number of ketones is 1. The van der Waals surface area contributed by atoms with Crippen molar-refractivity contribution in [3.8, 4) is 0 Å². The van der Waals surface area contributed by atoms with Gasteiger partial charge in [-0.05, 0) is 44.9 Å². The van der Waals surface area contributed by atoms with Crippen molar-refractivity contribution in [2.45, 2.75) is 40.5 Å². The summed E-state index contributed by atoms with van der Waals surface area (Å²) in [6, 6.07) is 0. The van der Waals surface area contributed by atoms with Gasteiger partial charge in [0.25, 0.3) is 0 Å². The van der Waals surface area contributed by atoms with E-state index < -0.39 is 0 Å². The Morgan fingerprint density at radius 1 is 1.32 bits per heavy atom. The fourth-order valence-corrected chi connectivity index (χ4v) is 5.22. The SMILES string of the molecule is CC(C)=CC/C=C(/C)[C@@H]1C=C[C@@]2(C=O)[C@@H]1[C@@H]1C(=O)C[C@H]2[C@@H]1C. The highest BCUT2D eigenvalue weighted by atomic mass is 16.1. The number of Topliss-reactive ketones (excluding diaryl/α,β-unsaturated/α-hetero) is 1. The lowest BCUT2D eigenvalue weighted by atomic mass is 9.65. The number of fused-ring (bicyclic) bond motifs is 5. The normalized spacial score (nSPS) is 42.6. The van der Waals surface area contributed by atoms with Crippen molar-refractivity contribution in [1.29, 1.82) is 0 Å². The third-order valence-electron chi connectivity index (χ3n) is 6.28. The largest absolute Gasteiger partial charge is 0.302 e. The Kier molecular flexibility index (Phi) is 3.74. The number of hydrogen-bond donors (Lipinski definition) is 0. The molecule has 0 amide bonds. The van der Waals surface area contributed by atoms with Crippen LogP contribution < -0.4 is 0 Å². The highest BCUT2D eigenvalue weighted by molar-refractivity contribution is 5.89. The summed E-state index contributed by atoms with van der Waals surface area (Å²) >= 11 is 0. The maximum Gasteiger partial charge on any atom is 0.136 e. The van der Waals surface area contributed by atoms with Crippen molar-refractivity contribution in [3.63, 3.8) is 0 Å². The molecule has 3 rings (SSSR count). The Balaban J connectivity index is 1.90. The van der Waals surface area contributed by atoms with Crippen molar-refractivity contribution in [2.24, 2.45) is 35.0 Å². The molecule has 0 heterocycles. The number of rotatable bonds is 4. The first-order chi connectivity index (χ1) is 10.4. The van der Waals surface area contributed by atoms with Gasteiger partial charge in [-0.25, -0.2) is 0 Å². The number of hydrogen-bond acceptors (Lipinski definition) is 2. The molecule has 3 aliphatic carbocycles. The van der Waals surface area contributed by atoms with Crippen molar-refractivity contribution in [1.82, 2.24) is 0 Å². The molecule has 2 fully saturated rings. The van der Waals surface area contributed by atoms with Crippen molar-refractivity contribution < 1.29 is 9.59 Å². The molecule has 118 valence electrons. The van der Waals surface area contributed by atoms with Crippen LogP contribution in [0.5, 0.6) is 0 Å². The molecule has 2 nitrogen and oxygen atoms in total. The minimum absolute atomic E-state index is 0.0713. The van der Waals surface area contributed by atoms with Crippen LogP contribution in [0.4, 0.5) is 0 Å². The molecule has 2 bridgehead atoms. The summed E-state index contributed by atoms with van der Waals surface area (Å²) in [5.74, 6) is 1.43. The van der Waals surface area contributed by atoms with Crippen LogP contribution in [0.2, 0.25) is 0 Å². The first-order valence-corrected chi connectivity index (χ1v) is 8.40. The number of aldehydes is 1. The van der Waals surface area contributed by atoms with Gasteiger partial charge >= 0.3 is 0 Å². The van der Waals surface area contributed by atoms with Crippen LogP contribution in [-0.4, -0.2) is 12.1 Å². The van der Waals surface area contributed by atoms with E-state index in [1.165, 1.54) is 11.1 Å². The summed E-state index contributed by atoms with van der Waals surface area (Å²) in [5, 5.41) is 0. The summed E-state index contributed by atoms with van der Waals surface area (Å²) in [6.45, 7) is 8.52. The molecule has 0 unspecified atom stereocenters. The van der Waals surface area contributed by atoms with Crippen LogP contribution in [-0.2, 0) is 9.59 Å². The van der Waals surface area contributed by atoms with E-state index in [0.717, 1.165) is 12.7 Å². The molecular formula is C20H26O2. The van der Waals surface area contributed by atoms with E-state index in [2.05, 4.69) is 52.0 Å². The van der Waals surface area contributed by atoms with E-state index in [-0.39, 0.29) is 29.1 Å². The van der Waals surface area contributed by atoms with E-state index in [4.69, 9.17) is 0 Å².